The van der Waals surface area contributed by atoms with Crippen LogP contribution in [0, 0.1) is 0 Å². The maximum absolute atomic E-state index is 5.63. The lowest BCUT2D eigenvalue weighted by Gasteiger charge is -2.19. The predicted molar refractivity (Wildman–Crippen MR) is 102 cm³/mol. The molecule has 140 valence electrons. The average molecular weight is 366 g/mol. The van der Waals surface area contributed by atoms with Gasteiger partial charge in [0.15, 0.2) is 28.9 Å². The van der Waals surface area contributed by atoms with Crippen LogP contribution in [-0.4, -0.2) is 47.4 Å². The van der Waals surface area contributed by atoms with Gasteiger partial charge < -0.3 is 20.1 Å². The molecule has 1 aliphatic rings. The summed E-state index contributed by atoms with van der Waals surface area (Å²) < 4.78 is 13.1. The standard InChI is InChI=1S/C19H22N6O2/c1-20-19(22-13-18-24-23-17-4-2-3-9-25(17)18)21-8-7-14-5-6-15-16(12-14)27-11-10-26-15/h2-6,9,12H,7-8,10-11,13H2,1H3,(H2,20,21,22). The van der Waals surface area contributed by atoms with E-state index in [4.69, 9.17) is 9.47 Å². The molecular formula is C19H22N6O2. The highest BCUT2D eigenvalue weighted by Crippen LogP contribution is 2.30. The second kappa shape index (κ2) is 7.94. The number of hydrogen-bond donors (Lipinski definition) is 2. The highest BCUT2D eigenvalue weighted by molar-refractivity contribution is 5.79. The minimum Gasteiger partial charge on any atom is -0.486 e. The molecule has 3 heterocycles. The van der Waals surface area contributed by atoms with Gasteiger partial charge in [-0.1, -0.05) is 12.1 Å². The van der Waals surface area contributed by atoms with Gasteiger partial charge in [-0.25, -0.2) is 0 Å². The molecule has 4 rings (SSSR count). The number of nitrogens with zero attached hydrogens (tertiary/aromatic N) is 4. The Balaban J connectivity index is 1.29. The van der Waals surface area contributed by atoms with Crippen molar-refractivity contribution < 1.29 is 9.47 Å². The van der Waals surface area contributed by atoms with Gasteiger partial charge in [-0.15, -0.1) is 10.2 Å². The van der Waals surface area contributed by atoms with E-state index in [1.54, 1.807) is 7.05 Å². The average Bonchev–Trinajstić information content (AvgIpc) is 3.13. The molecule has 27 heavy (non-hydrogen) atoms. The summed E-state index contributed by atoms with van der Waals surface area (Å²) >= 11 is 0. The molecule has 3 aromatic rings. The number of aliphatic imine (C=N–C) groups is 1. The Morgan fingerprint density at radius 3 is 2.89 bits per heavy atom. The van der Waals surface area contributed by atoms with Gasteiger partial charge >= 0.3 is 0 Å². The summed E-state index contributed by atoms with van der Waals surface area (Å²) in [7, 11) is 1.75. The van der Waals surface area contributed by atoms with Gasteiger partial charge in [-0.2, -0.15) is 0 Å². The van der Waals surface area contributed by atoms with Gasteiger partial charge in [-0.3, -0.25) is 9.39 Å². The summed E-state index contributed by atoms with van der Waals surface area (Å²) in [6, 6.07) is 11.9. The smallest absolute Gasteiger partial charge is 0.191 e. The fraction of sp³-hybridized carbons (Fsp3) is 0.316. The Kier molecular flexibility index (Phi) is 5.04. The third-order valence-corrected chi connectivity index (χ3v) is 4.33. The van der Waals surface area contributed by atoms with E-state index in [1.165, 1.54) is 5.56 Å². The second-order valence-electron chi connectivity index (χ2n) is 6.13. The molecule has 0 saturated heterocycles. The van der Waals surface area contributed by atoms with E-state index in [0.717, 1.165) is 41.9 Å². The number of aromatic nitrogens is 3. The number of guanidine groups is 1. The highest BCUT2D eigenvalue weighted by atomic mass is 16.6. The Labute approximate surface area is 157 Å². The Hall–Kier alpha value is -3.29. The molecule has 1 aliphatic heterocycles. The number of hydrogen-bond acceptors (Lipinski definition) is 5. The Morgan fingerprint density at radius 1 is 1.11 bits per heavy atom. The molecule has 0 saturated carbocycles. The zero-order chi connectivity index (χ0) is 18.5. The van der Waals surface area contributed by atoms with Crippen molar-refractivity contribution in [2.75, 3.05) is 26.8 Å². The van der Waals surface area contributed by atoms with Gasteiger partial charge in [0.05, 0.1) is 6.54 Å². The van der Waals surface area contributed by atoms with Crippen molar-refractivity contribution in [3.63, 3.8) is 0 Å². The summed E-state index contributed by atoms with van der Waals surface area (Å²) in [4.78, 5) is 4.26. The topological polar surface area (TPSA) is 85.1 Å². The van der Waals surface area contributed by atoms with Crippen LogP contribution in [0.5, 0.6) is 11.5 Å². The first-order chi connectivity index (χ1) is 13.3. The minimum atomic E-state index is 0.537. The minimum absolute atomic E-state index is 0.537. The van der Waals surface area contributed by atoms with Crippen molar-refractivity contribution in [2.24, 2.45) is 4.99 Å². The molecule has 2 aromatic heterocycles. The van der Waals surface area contributed by atoms with E-state index >= 15 is 0 Å². The third kappa shape index (κ3) is 3.94. The lowest BCUT2D eigenvalue weighted by molar-refractivity contribution is 0.171. The molecule has 0 fully saturated rings. The summed E-state index contributed by atoms with van der Waals surface area (Å²) in [6.07, 6.45) is 2.80. The molecule has 1 aromatic carbocycles. The van der Waals surface area contributed by atoms with Crippen LogP contribution >= 0.6 is 0 Å². The normalized spacial score (nSPS) is 13.6. The molecule has 0 spiro atoms. The van der Waals surface area contributed by atoms with Gasteiger partial charge in [-0.05, 0) is 36.2 Å². The van der Waals surface area contributed by atoms with E-state index in [9.17, 15) is 0 Å². The van der Waals surface area contributed by atoms with Gasteiger partial charge in [0, 0.05) is 19.8 Å². The summed E-state index contributed by atoms with van der Waals surface area (Å²) in [5.41, 5.74) is 2.02. The van der Waals surface area contributed by atoms with Gasteiger partial charge in [0.25, 0.3) is 0 Å². The van der Waals surface area contributed by atoms with E-state index in [-0.39, 0.29) is 0 Å². The largest absolute Gasteiger partial charge is 0.486 e. The van der Waals surface area contributed by atoms with Crippen molar-refractivity contribution in [2.45, 2.75) is 13.0 Å². The van der Waals surface area contributed by atoms with E-state index in [1.807, 2.05) is 40.9 Å². The molecule has 8 heteroatoms. The fourth-order valence-corrected chi connectivity index (χ4v) is 2.96. The molecule has 8 nitrogen and oxygen atoms in total. The quantitative estimate of drug-likeness (QED) is 0.525. The van der Waals surface area contributed by atoms with Crippen LogP contribution in [-0.2, 0) is 13.0 Å². The first-order valence-corrected chi connectivity index (χ1v) is 8.95. The van der Waals surface area contributed by atoms with Crippen molar-refractivity contribution in [1.29, 1.82) is 0 Å². The van der Waals surface area contributed by atoms with Crippen molar-refractivity contribution in [1.82, 2.24) is 25.2 Å². The van der Waals surface area contributed by atoms with Crippen LogP contribution in [0.15, 0.2) is 47.6 Å². The first-order valence-electron chi connectivity index (χ1n) is 8.95. The number of pyridine rings is 1. The third-order valence-electron chi connectivity index (χ3n) is 4.33. The molecular weight excluding hydrogens is 344 g/mol. The lowest BCUT2D eigenvalue weighted by atomic mass is 10.1. The number of nitrogens with one attached hydrogen (secondary N) is 2. The lowest BCUT2D eigenvalue weighted by Crippen LogP contribution is -2.38. The van der Waals surface area contributed by atoms with E-state index < -0.39 is 0 Å². The predicted octanol–water partition coefficient (Wildman–Crippen LogP) is 1.41. The first kappa shape index (κ1) is 17.1. The number of benzene rings is 1. The maximum atomic E-state index is 5.63. The van der Waals surface area contributed by atoms with Crippen LogP contribution in [0.25, 0.3) is 5.65 Å². The Morgan fingerprint density at radius 2 is 2.00 bits per heavy atom. The SMILES string of the molecule is CN=C(NCCc1ccc2c(c1)OCCO2)NCc1nnc2ccccn12. The number of fused-ring (bicyclic) bond motifs is 2. The van der Waals surface area contributed by atoms with Crippen LogP contribution in [0.4, 0.5) is 0 Å². The molecule has 0 radical (unpaired) electrons. The zero-order valence-electron chi connectivity index (χ0n) is 15.2. The number of ether oxygens (including phenoxy) is 2. The molecule has 2 N–H and O–H groups in total. The Bertz CT molecular complexity index is 952. The van der Waals surface area contributed by atoms with Crippen LogP contribution in [0.1, 0.15) is 11.4 Å². The van der Waals surface area contributed by atoms with Gasteiger partial charge in [0.1, 0.15) is 13.2 Å². The molecule has 0 unspecified atom stereocenters. The molecule has 0 amide bonds. The zero-order valence-corrected chi connectivity index (χ0v) is 15.2. The van der Waals surface area contributed by atoms with Crippen molar-refractivity contribution >= 4 is 11.6 Å². The maximum Gasteiger partial charge on any atom is 0.191 e. The molecule has 0 atom stereocenters. The van der Waals surface area contributed by atoms with Crippen LogP contribution in [0.2, 0.25) is 0 Å². The highest BCUT2D eigenvalue weighted by Gasteiger charge is 2.11. The van der Waals surface area contributed by atoms with Crippen LogP contribution in [0.3, 0.4) is 0 Å². The van der Waals surface area contributed by atoms with Crippen LogP contribution < -0.4 is 20.1 Å². The van der Waals surface area contributed by atoms with E-state index in [0.29, 0.717) is 19.8 Å². The fourth-order valence-electron chi connectivity index (χ4n) is 2.96. The van der Waals surface area contributed by atoms with Gasteiger partial charge in [0.2, 0.25) is 0 Å². The van der Waals surface area contributed by atoms with Crippen molar-refractivity contribution in [3.8, 4) is 11.5 Å². The van der Waals surface area contributed by atoms with E-state index in [2.05, 4.69) is 31.9 Å². The molecule has 0 bridgehead atoms. The summed E-state index contributed by atoms with van der Waals surface area (Å²) in [5, 5.41) is 15.0. The number of rotatable bonds is 5. The summed E-state index contributed by atoms with van der Waals surface area (Å²) in [5.74, 6) is 3.19. The van der Waals surface area contributed by atoms with Crippen molar-refractivity contribution in [3.05, 3.63) is 54.0 Å². The monoisotopic (exact) mass is 366 g/mol. The summed E-state index contributed by atoms with van der Waals surface area (Å²) in [6.45, 7) is 2.49. The second-order valence-corrected chi connectivity index (χ2v) is 6.13. The molecule has 0 aliphatic carbocycles.